The molecule has 0 saturated carbocycles. The van der Waals surface area contributed by atoms with E-state index in [4.69, 9.17) is 0 Å². The predicted octanol–water partition coefficient (Wildman–Crippen LogP) is 5.76. The zero-order valence-corrected chi connectivity index (χ0v) is 16.9. The van der Waals surface area contributed by atoms with Crippen molar-refractivity contribution in [3.63, 3.8) is 0 Å². The predicted molar refractivity (Wildman–Crippen MR) is 117 cm³/mol. The Bertz CT molecular complexity index is 1160. The Kier molecular flexibility index (Phi) is 4.19. The minimum atomic E-state index is 0.440. The topological polar surface area (TPSA) is 41.1 Å². The van der Waals surface area contributed by atoms with Crippen molar-refractivity contribution in [2.45, 2.75) is 19.4 Å². The van der Waals surface area contributed by atoms with Crippen LogP contribution >= 0.6 is 22.7 Å². The van der Waals surface area contributed by atoms with E-state index in [2.05, 4.69) is 70.6 Å². The Balaban J connectivity index is 1.53. The molecule has 0 bridgehead atoms. The van der Waals surface area contributed by atoms with Gasteiger partial charge in [0.1, 0.15) is 4.83 Å². The van der Waals surface area contributed by atoms with Gasteiger partial charge in [0.2, 0.25) is 0 Å². The van der Waals surface area contributed by atoms with Gasteiger partial charge in [0, 0.05) is 34.7 Å². The third-order valence-electron chi connectivity index (χ3n) is 5.29. The molecule has 4 nitrogen and oxygen atoms in total. The van der Waals surface area contributed by atoms with Crippen LogP contribution in [0.3, 0.4) is 0 Å². The van der Waals surface area contributed by atoms with Crippen molar-refractivity contribution in [3.05, 3.63) is 53.0 Å². The quantitative estimate of drug-likeness (QED) is 0.481. The number of pyridine rings is 1. The Morgan fingerprint density at radius 2 is 2.11 bits per heavy atom. The summed E-state index contributed by atoms with van der Waals surface area (Å²) in [5.74, 6) is 0. The Morgan fingerprint density at radius 3 is 3.04 bits per heavy atom. The lowest BCUT2D eigenvalue weighted by molar-refractivity contribution is 0.300. The maximum Gasteiger partial charge on any atom is 0.125 e. The number of hydrogen-bond acceptors (Lipinski definition) is 6. The maximum atomic E-state index is 4.61. The fourth-order valence-electron chi connectivity index (χ4n) is 3.61. The number of anilines is 2. The van der Waals surface area contributed by atoms with Crippen molar-refractivity contribution in [3.8, 4) is 0 Å². The number of thiazole rings is 1. The van der Waals surface area contributed by atoms with E-state index < -0.39 is 0 Å². The first-order valence-corrected chi connectivity index (χ1v) is 10.8. The molecule has 0 aliphatic carbocycles. The number of aromatic nitrogens is 2. The molecule has 0 spiro atoms. The van der Waals surface area contributed by atoms with Crippen molar-refractivity contribution in [1.29, 1.82) is 0 Å². The fourth-order valence-corrected chi connectivity index (χ4v) is 5.42. The second-order valence-electron chi connectivity index (χ2n) is 6.95. The summed E-state index contributed by atoms with van der Waals surface area (Å²) in [6, 6.07) is 11.1. The highest BCUT2D eigenvalue weighted by Gasteiger charge is 2.21. The first kappa shape index (κ1) is 16.9. The Morgan fingerprint density at radius 1 is 1.19 bits per heavy atom. The van der Waals surface area contributed by atoms with Gasteiger partial charge in [-0.3, -0.25) is 4.90 Å². The highest BCUT2D eigenvalue weighted by atomic mass is 32.1. The molecule has 1 aliphatic heterocycles. The van der Waals surface area contributed by atoms with Crippen molar-refractivity contribution in [2.75, 3.05) is 18.9 Å². The van der Waals surface area contributed by atoms with E-state index >= 15 is 0 Å². The van der Waals surface area contributed by atoms with Crippen LogP contribution in [-0.2, 0) is 0 Å². The normalized spacial score (nSPS) is 18.1. The average molecular weight is 393 g/mol. The van der Waals surface area contributed by atoms with Gasteiger partial charge in [0.15, 0.2) is 0 Å². The van der Waals surface area contributed by atoms with Gasteiger partial charge in [0.25, 0.3) is 0 Å². The number of thiophene rings is 1. The van der Waals surface area contributed by atoms with Crippen LogP contribution in [0.25, 0.3) is 26.0 Å². The Labute approximate surface area is 166 Å². The second-order valence-corrected chi connectivity index (χ2v) is 8.87. The van der Waals surface area contributed by atoms with Gasteiger partial charge in [0.05, 0.1) is 21.4 Å². The number of rotatable bonds is 3. The maximum absolute atomic E-state index is 4.61. The first-order chi connectivity index (χ1) is 13.2. The van der Waals surface area contributed by atoms with Gasteiger partial charge in [-0.2, -0.15) is 0 Å². The largest absolute Gasteiger partial charge is 0.355 e. The van der Waals surface area contributed by atoms with Crippen LogP contribution in [0.4, 0.5) is 11.4 Å². The monoisotopic (exact) mass is 392 g/mol. The summed E-state index contributed by atoms with van der Waals surface area (Å²) in [6.07, 6.45) is 5.38. The number of nitrogens with one attached hydrogen (secondary N) is 1. The minimum absolute atomic E-state index is 0.440. The first-order valence-electron chi connectivity index (χ1n) is 9.08. The summed E-state index contributed by atoms with van der Waals surface area (Å²) < 4.78 is 1.21. The van der Waals surface area contributed by atoms with Gasteiger partial charge >= 0.3 is 0 Å². The number of fused-ring (bicyclic) bond motifs is 2. The number of benzene rings is 1. The summed E-state index contributed by atoms with van der Waals surface area (Å²) >= 11 is 3.45. The number of hydrogen-bond donors (Lipinski definition) is 1. The van der Waals surface area contributed by atoms with Gasteiger partial charge in [-0.25, -0.2) is 9.97 Å². The molecule has 6 heteroatoms. The van der Waals surface area contributed by atoms with E-state index in [0.717, 1.165) is 34.7 Å². The van der Waals surface area contributed by atoms with Gasteiger partial charge in [-0.15, -0.1) is 22.7 Å². The molecule has 4 heterocycles. The molecule has 5 rings (SSSR count). The van der Waals surface area contributed by atoms with E-state index in [1.54, 1.807) is 22.7 Å². The minimum Gasteiger partial charge on any atom is -0.355 e. The number of nitrogens with zero attached hydrogens (tertiary/aromatic N) is 3. The van der Waals surface area contributed by atoms with Crippen LogP contribution in [0.5, 0.6) is 0 Å². The van der Waals surface area contributed by atoms with Gasteiger partial charge < -0.3 is 5.32 Å². The lowest BCUT2D eigenvalue weighted by atomic mass is 10.00. The molecule has 1 aliphatic rings. The summed E-state index contributed by atoms with van der Waals surface area (Å²) in [5.41, 5.74) is 6.49. The van der Waals surface area contributed by atoms with Crippen molar-refractivity contribution >= 4 is 60.1 Å². The molecule has 1 atom stereocenters. The van der Waals surface area contributed by atoms with Crippen LogP contribution in [0.2, 0.25) is 0 Å². The molecule has 136 valence electrons. The Hall–Kier alpha value is -2.28. The van der Waals surface area contributed by atoms with E-state index in [1.807, 2.05) is 11.7 Å². The van der Waals surface area contributed by atoms with Crippen molar-refractivity contribution in [1.82, 2.24) is 14.9 Å². The van der Waals surface area contributed by atoms with Crippen LogP contribution in [0, 0.1) is 0 Å². The highest BCUT2D eigenvalue weighted by Crippen LogP contribution is 2.37. The molecule has 0 fully saturated rings. The molecular formula is C21H20N4S2. The molecule has 3 aromatic heterocycles. The summed E-state index contributed by atoms with van der Waals surface area (Å²) in [4.78, 5) is 13.8. The highest BCUT2D eigenvalue weighted by molar-refractivity contribution is 7.19. The lowest BCUT2D eigenvalue weighted by Gasteiger charge is -2.30. The lowest BCUT2D eigenvalue weighted by Crippen LogP contribution is -2.33. The van der Waals surface area contributed by atoms with Gasteiger partial charge in [-0.1, -0.05) is 6.08 Å². The standard InChI is InChI=1S/C21H20N4S2/c1-13-15(4-3-9-25(13)2)20-11-16-17(7-8-22-21(16)27-20)24-14-5-6-19-18(10-14)23-12-26-19/h4-8,10-13H,3,9H2,1-2H3,(H,22,24)/t13-/m1/s1. The zero-order chi connectivity index (χ0) is 18.4. The zero-order valence-electron chi connectivity index (χ0n) is 15.3. The number of likely N-dealkylation sites (N-methyl/N-ethyl adjacent to an activating group) is 1. The fraction of sp³-hybridized carbons (Fsp3) is 0.238. The average Bonchev–Trinajstić information content (AvgIpc) is 3.30. The van der Waals surface area contributed by atoms with Crippen LogP contribution in [0.15, 0.2) is 48.1 Å². The SMILES string of the molecule is C[C@@H]1C(c2cc3c(Nc4ccc5scnc5c4)ccnc3s2)=CCCN1C. The summed E-state index contributed by atoms with van der Waals surface area (Å²) in [5, 5.41) is 4.74. The molecule has 4 aromatic rings. The van der Waals surface area contributed by atoms with E-state index in [0.29, 0.717) is 6.04 Å². The second kappa shape index (κ2) is 6.71. The van der Waals surface area contributed by atoms with Gasteiger partial charge in [-0.05, 0) is 56.3 Å². The van der Waals surface area contributed by atoms with Crippen molar-refractivity contribution < 1.29 is 0 Å². The molecule has 27 heavy (non-hydrogen) atoms. The summed E-state index contributed by atoms with van der Waals surface area (Å²) in [7, 11) is 2.20. The smallest absolute Gasteiger partial charge is 0.125 e. The third kappa shape index (κ3) is 3.04. The van der Waals surface area contributed by atoms with Crippen molar-refractivity contribution in [2.24, 2.45) is 0 Å². The molecule has 1 aromatic carbocycles. The van der Waals surface area contributed by atoms with Crippen LogP contribution < -0.4 is 5.32 Å². The van der Waals surface area contributed by atoms with Crippen LogP contribution in [-0.4, -0.2) is 34.5 Å². The third-order valence-corrected chi connectivity index (χ3v) is 7.19. The molecular weight excluding hydrogens is 372 g/mol. The molecule has 0 amide bonds. The molecule has 1 N–H and O–H groups in total. The summed E-state index contributed by atoms with van der Waals surface area (Å²) in [6.45, 7) is 3.41. The van der Waals surface area contributed by atoms with E-state index in [1.165, 1.54) is 20.5 Å². The molecule has 0 saturated heterocycles. The van der Waals surface area contributed by atoms with E-state index in [9.17, 15) is 0 Å². The van der Waals surface area contributed by atoms with Crippen LogP contribution in [0.1, 0.15) is 18.2 Å². The molecule has 0 unspecified atom stereocenters. The van der Waals surface area contributed by atoms with E-state index in [-0.39, 0.29) is 0 Å². The molecule has 0 radical (unpaired) electrons.